The van der Waals surface area contributed by atoms with Crippen LogP contribution in [-0.2, 0) is 0 Å². The average Bonchev–Trinajstić information content (AvgIpc) is 3.14. The van der Waals surface area contributed by atoms with Gasteiger partial charge in [-0.3, -0.25) is 5.10 Å². The van der Waals surface area contributed by atoms with Gasteiger partial charge in [0, 0.05) is 11.9 Å². The Morgan fingerprint density at radius 2 is 1.88 bits per heavy atom. The van der Waals surface area contributed by atoms with Gasteiger partial charge in [0.15, 0.2) is 0 Å². The summed E-state index contributed by atoms with van der Waals surface area (Å²) in [7, 11) is 0. The smallest absolute Gasteiger partial charge is 0.210 e. The molecule has 0 spiro atoms. The molecule has 118 valence electrons. The van der Waals surface area contributed by atoms with E-state index in [4.69, 9.17) is 12.2 Å². The van der Waals surface area contributed by atoms with E-state index in [1.54, 1.807) is 17.6 Å². The molecule has 4 aromatic rings. The summed E-state index contributed by atoms with van der Waals surface area (Å²) in [5.41, 5.74) is 3.87. The predicted molar refractivity (Wildman–Crippen MR) is 103 cm³/mol. The SMILES string of the molecule is Cc1[nH]n(-c2ccccc2)c(=S)c1/C=N/c1nc2ccccc2s1. The van der Waals surface area contributed by atoms with Crippen molar-refractivity contribution in [3.05, 3.63) is 70.5 Å². The Hall–Kier alpha value is -2.57. The molecule has 2 aromatic carbocycles. The number of thiazole rings is 1. The second-order valence-electron chi connectivity index (χ2n) is 5.35. The van der Waals surface area contributed by atoms with Crippen LogP contribution in [0.4, 0.5) is 5.13 Å². The number of hydrogen-bond donors (Lipinski definition) is 1. The van der Waals surface area contributed by atoms with Gasteiger partial charge in [0.25, 0.3) is 0 Å². The first-order chi connectivity index (χ1) is 11.7. The third kappa shape index (κ3) is 2.70. The number of para-hydroxylation sites is 2. The minimum atomic E-state index is 0.712. The number of nitrogens with one attached hydrogen (secondary N) is 1. The van der Waals surface area contributed by atoms with Crippen LogP contribution in [0.25, 0.3) is 15.9 Å². The average molecular weight is 350 g/mol. The van der Waals surface area contributed by atoms with Crippen LogP contribution in [0, 0.1) is 11.6 Å². The van der Waals surface area contributed by atoms with Gasteiger partial charge in [-0.1, -0.05) is 53.9 Å². The summed E-state index contributed by atoms with van der Waals surface area (Å²) in [6.07, 6.45) is 1.80. The summed E-state index contributed by atoms with van der Waals surface area (Å²) in [4.78, 5) is 9.05. The topological polar surface area (TPSA) is 46.0 Å². The van der Waals surface area contributed by atoms with Crippen LogP contribution in [0.3, 0.4) is 0 Å². The Balaban J connectivity index is 1.72. The van der Waals surface area contributed by atoms with Crippen molar-refractivity contribution in [3.63, 3.8) is 0 Å². The van der Waals surface area contributed by atoms with Crippen molar-refractivity contribution in [1.82, 2.24) is 14.8 Å². The molecular formula is C18H14N4S2. The van der Waals surface area contributed by atoms with Gasteiger partial charge < -0.3 is 0 Å². The number of benzene rings is 2. The summed E-state index contributed by atoms with van der Waals surface area (Å²) in [5, 5.41) is 4.03. The summed E-state index contributed by atoms with van der Waals surface area (Å²) >= 11 is 7.17. The standard InChI is InChI=1S/C18H14N4S2/c1-12-14(17(23)22(21-12)13-7-3-2-4-8-13)11-19-18-20-15-9-5-6-10-16(15)24-18/h2-11,21H,1H3/b19-11+. The summed E-state index contributed by atoms with van der Waals surface area (Å²) in [6, 6.07) is 18.0. The van der Waals surface area contributed by atoms with Gasteiger partial charge in [-0.15, -0.1) is 0 Å². The lowest BCUT2D eigenvalue weighted by Crippen LogP contribution is -1.95. The van der Waals surface area contributed by atoms with Gasteiger partial charge in [0.05, 0.1) is 21.5 Å². The highest BCUT2D eigenvalue weighted by Crippen LogP contribution is 2.27. The third-order valence-electron chi connectivity index (χ3n) is 3.72. The molecule has 2 aromatic heterocycles. The zero-order valence-corrected chi connectivity index (χ0v) is 14.6. The number of aryl methyl sites for hydroxylation is 1. The molecule has 6 heteroatoms. The van der Waals surface area contributed by atoms with E-state index >= 15 is 0 Å². The van der Waals surface area contributed by atoms with Gasteiger partial charge in [-0.05, 0) is 31.2 Å². The number of aliphatic imine (C=N–C) groups is 1. The van der Waals surface area contributed by atoms with E-state index in [1.807, 2.05) is 60.1 Å². The van der Waals surface area contributed by atoms with Crippen LogP contribution in [0.5, 0.6) is 0 Å². The van der Waals surface area contributed by atoms with Crippen LogP contribution in [0.15, 0.2) is 59.6 Å². The molecule has 2 heterocycles. The van der Waals surface area contributed by atoms with Crippen LogP contribution in [0.1, 0.15) is 11.3 Å². The van der Waals surface area contributed by atoms with Crippen molar-refractivity contribution in [3.8, 4) is 5.69 Å². The highest BCUT2D eigenvalue weighted by atomic mass is 32.1. The highest BCUT2D eigenvalue weighted by molar-refractivity contribution is 7.71. The zero-order valence-electron chi connectivity index (χ0n) is 12.9. The number of hydrogen-bond acceptors (Lipinski definition) is 4. The Morgan fingerprint density at radius 1 is 1.12 bits per heavy atom. The third-order valence-corrected chi connectivity index (χ3v) is 5.06. The number of aromatic nitrogens is 3. The first-order valence-corrected chi connectivity index (χ1v) is 8.71. The zero-order chi connectivity index (χ0) is 16.5. The Labute approximate surface area is 148 Å². The molecule has 0 bridgehead atoms. The maximum absolute atomic E-state index is 5.60. The first kappa shape index (κ1) is 15.0. The molecule has 0 aliphatic rings. The summed E-state index contributed by atoms with van der Waals surface area (Å²) in [6.45, 7) is 1.99. The maximum atomic E-state index is 5.60. The minimum absolute atomic E-state index is 0.712. The van der Waals surface area contributed by atoms with E-state index in [1.165, 1.54) is 0 Å². The molecular weight excluding hydrogens is 336 g/mol. The lowest BCUT2D eigenvalue weighted by Gasteiger charge is -2.00. The molecule has 0 unspecified atom stereocenters. The van der Waals surface area contributed by atoms with Crippen LogP contribution >= 0.6 is 23.6 Å². The second kappa shape index (κ2) is 6.14. The van der Waals surface area contributed by atoms with E-state index < -0.39 is 0 Å². The summed E-state index contributed by atoms with van der Waals surface area (Å²) < 4.78 is 3.74. The minimum Gasteiger partial charge on any atom is -0.297 e. The fourth-order valence-electron chi connectivity index (χ4n) is 2.51. The lowest BCUT2D eigenvalue weighted by atomic mass is 10.3. The largest absolute Gasteiger partial charge is 0.297 e. The number of nitrogens with zero attached hydrogens (tertiary/aromatic N) is 3. The van der Waals surface area contributed by atoms with Crippen LogP contribution in [-0.4, -0.2) is 21.0 Å². The van der Waals surface area contributed by atoms with Crippen molar-refractivity contribution < 1.29 is 0 Å². The fourth-order valence-corrected chi connectivity index (χ4v) is 3.67. The van der Waals surface area contributed by atoms with E-state index in [0.29, 0.717) is 4.64 Å². The number of aromatic amines is 1. The molecule has 24 heavy (non-hydrogen) atoms. The molecule has 0 aliphatic carbocycles. The molecule has 0 atom stereocenters. The normalized spacial score (nSPS) is 11.5. The monoisotopic (exact) mass is 350 g/mol. The molecule has 0 amide bonds. The second-order valence-corrected chi connectivity index (χ2v) is 6.74. The summed E-state index contributed by atoms with van der Waals surface area (Å²) in [5.74, 6) is 0. The molecule has 0 aliphatic heterocycles. The Morgan fingerprint density at radius 3 is 2.67 bits per heavy atom. The van der Waals surface area contributed by atoms with Gasteiger partial charge in [-0.25, -0.2) is 14.7 Å². The highest BCUT2D eigenvalue weighted by Gasteiger charge is 2.08. The van der Waals surface area contributed by atoms with Crippen LogP contribution < -0.4 is 0 Å². The van der Waals surface area contributed by atoms with E-state index in [0.717, 1.165) is 32.3 Å². The molecule has 0 fully saturated rings. The van der Waals surface area contributed by atoms with Gasteiger partial charge in [-0.2, -0.15) is 0 Å². The van der Waals surface area contributed by atoms with E-state index in [2.05, 4.69) is 21.1 Å². The van der Waals surface area contributed by atoms with Crippen molar-refractivity contribution in [2.24, 2.45) is 4.99 Å². The first-order valence-electron chi connectivity index (χ1n) is 7.49. The molecule has 0 radical (unpaired) electrons. The fraction of sp³-hybridized carbons (Fsp3) is 0.0556. The molecule has 1 N–H and O–H groups in total. The lowest BCUT2D eigenvalue weighted by molar-refractivity contribution is 0.853. The van der Waals surface area contributed by atoms with Crippen LogP contribution in [0.2, 0.25) is 0 Å². The number of rotatable bonds is 3. The van der Waals surface area contributed by atoms with E-state index in [-0.39, 0.29) is 0 Å². The predicted octanol–water partition coefficient (Wildman–Crippen LogP) is 5.20. The maximum Gasteiger partial charge on any atom is 0.210 e. The van der Waals surface area contributed by atoms with Gasteiger partial charge in [0.1, 0.15) is 4.64 Å². The van der Waals surface area contributed by atoms with E-state index in [9.17, 15) is 0 Å². The molecule has 4 rings (SSSR count). The van der Waals surface area contributed by atoms with Crippen molar-refractivity contribution >= 4 is 45.1 Å². The quantitative estimate of drug-likeness (QED) is 0.407. The Bertz CT molecular complexity index is 1050. The van der Waals surface area contributed by atoms with Gasteiger partial charge >= 0.3 is 0 Å². The number of fused-ring (bicyclic) bond motifs is 1. The number of H-pyrrole nitrogens is 1. The van der Waals surface area contributed by atoms with Crippen molar-refractivity contribution in [2.45, 2.75) is 6.92 Å². The molecule has 0 saturated heterocycles. The van der Waals surface area contributed by atoms with Crippen molar-refractivity contribution in [2.75, 3.05) is 0 Å². The van der Waals surface area contributed by atoms with Gasteiger partial charge in [0.2, 0.25) is 5.13 Å². The van der Waals surface area contributed by atoms with Crippen molar-refractivity contribution in [1.29, 1.82) is 0 Å². The molecule has 0 saturated carbocycles. The Kier molecular flexibility index (Phi) is 3.84. The molecule has 4 nitrogen and oxygen atoms in total.